The minimum absolute atomic E-state index is 0.596. The quantitative estimate of drug-likeness (QED) is 0.192. The van der Waals surface area contributed by atoms with E-state index in [4.69, 9.17) is 23.8 Å². The van der Waals surface area contributed by atoms with Crippen molar-refractivity contribution in [2.45, 2.75) is 0 Å². The summed E-state index contributed by atoms with van der Waals surface area (Å²) in [5, 5.41) is 5.43. The molecule has 0 amide bonds. The van der Waals surface area contributed by atoms with Gasteiger partial charge in [-0.05, 0) is 58.3 Å². The van der Waals surface area contributed by atoms with E-state index >= 15 is 0 Å². The number of nitrogens with zero attached hydrogens (tertiary/aromatic N) is 4. The highest BCUT2D eigenvalue weighted by atomic mass is 16.3. The lowest BCUT2D eigenvalue weighted by atomic mass is 9.92. The Bertz CT molecular complexity index is 2780. The fraction of sp³-hybridized carbons (Fsp3) is 0.0465. The summed E-state index contributed by atoms with van der Waals surface area (Å²) in [7, 11) is 2.09. The summed E-state index contributed by atoms with van der Waals surface area (Å²) in [5.74, 6) is 2.65. The van der Waals surface area contributed by atoms with Crippen molar-refractivity contribution in [3.63, 3.8) is 0 Å². The maximum atomic E-state index is 6.32. The van der Waals surface area contributed by atoms with Gasteiger partial charge in [0.2, 0.25) is 0 Å². The Morgan fingerprint density at radius 3 is 2.06 bits per heavy atom. The number of hydrogen-bond acceptors (Lipinski definition) is 6. The number of anilines is 1. The molecule has 0 fully saturated rings. The molecule has 0 radical (unpaired) electrons. The van der Waals surface area contributed by atoms with Gasteiger partial charge in [-0.25, -0.2) is 15.0 Å². The van der Waals surface area contributed by atoms with Gasteiger partial charge in [-0.2, -0.15) is 0 Å². The van der Waals surface area contributed by atoms with Gasteiger partial charge >= 0.3 is 0 Å². The fourth-order valence-electron chi connectivity index (χ4n) is 7.24. The molecule has 1 aliphatic rings. The van der Waals surface area contributed by atoms with Crippen LogP contribution in [0.3, 0.4) is 0 Å². The van der Waals surface area contributed by atoms with Crippen LogP contribution in [0.5, 0.6) is 0 Å². The van der Waals surface area contributed by atoms with Crippen LogP contribution in [0.2, 0.25) is 0 Å². The van der Waals surface area contributed by atoms with Crippen molar-refractivity contribution in [3.05, 3.63) is 139 Å². The Kier molecular flexibility index (Phi) is 6.05. The summed E-state index contributed by atoms with van der Waals surface area (Å²) in [6, 6.07) is 43.6. The molecule has 10 rings (SSSR count). The second kappa shape index (κ2) is 10.8. The zero-order valence-electron chi connectivity index (χ0n) is 26.6. The monoisotopic (exact) mass is 632 g/mol. The summed E-state index contributed by atoms with van der Waals surface area (Å²) in [4.78, 5) is 17.7. The van der Waals surface area contributed by atoms with Gasteiger partial charge in [-0.3, -0.25) is 0 Å². The van der Waals surface area contributed by atoms with Gasteiger partial charge in [0, 0.05) is 41.1 Å². The Labute approximate surface area is 281 Å². The van der Waals surface area contributed by atoms with Gasteiger partial charge < -0.3 is 13.7 Å². The maximum Gasteiger partial charge on any atom is 0.164 e. The Morgan fingerprint density at radius 1 is 0.531 bits per heavy atom. The van der Waals surface area contributed by atoms with E-state index in [1.807, 2.05) is 66.7 Å². The van der Waals surface area contributed by atoms with Crippen molar-refractivity contribution < 1.29 is 8.83 Å². The lowest BCUT2D eigenvalue weighted by molar-refractivity contribution is 0.601. The van der Waals surface area contributed by atoms with Crippen LogP contribution in [0.25, 0.3) is 95.0 Å². The number of hydrogen-bond donors (Lipinski definition) is 0. The first-order valence-corrected chi connectivity index (χ1v) is 16.4. The lowest BCUT2D eigenvalue weighted by Gasteiger charge is -2.20. The first-order chi connectivity index (χ1) is 24.2. The number of aromatic nitrogens is 3. The van der Waals surface area contributed by atoms with Crippen molar-refractivity contribution in [1.29, 1.82) is 0 Å². The summed E-state index contributed by atoms with van der Waals surface area (Å²) in [5.41, 5.74) is 8.50. The zero-order valence-corrected chi connectivity index (χ0v) is 26.6. The maximum absolute atomic E-state index is 6.32. The minimum atomic E-state index is 0.596. The molecule has 6 heteroatoms. The molecule has 3 aromatic heterocycles. The van der Waals surface area contributed by atoms with Crippen molar-refractivity contribution in [2.24, 2.45) is 0 Å². The zero-order chi connectivity index (χ0) is 32.5. The van der Waals surface area contributed by atoms with Crippen molar-refractivity contribution in [1.82, 2.24) is 15.0 Å². The predicted octanol–water partition coefficient (Wildman–Crippen LogP) is 10.8. The Balaban J connectivity index is 1.25. The first kappa shape index (κ1) is 27.6. The van der Waals surface area contributed by atoms with Gasteiger partial charge in [-0.15, -0.1) is 0 Å². The van der Waals surface area contributed by atoms with Gasteiger partial charge in [0.15, 0.2) is 23.2 Å². The number of fused-ring (bicyclic) bond motifs is 7. The number of likely N-dealkylation sites (N-methyl/N-ethyl adjacent to an activating group) is 1. The lowest BCUT2D eigenvalue weighted by Crippen LogP contribution is -2.19. The summed E-state index contributed by atoms with van der Waals surface area (Å²) >= 11 is 0. The third-order valence-corrected chi connectivity index (χ3v) is 9.47. The highest BCUT2D eigenvalue weighted by Gasteiger charge is 2.24. The van der Waals surface area contributed by atoms with Crippen LogP contribution in [-0.2, 0) is 0 Å². The van der Waals surface area contributed by atoms with E-state index in [1.165, 1.54) is 0 Å². The predicted molar refractivity (Wildman–Crippen MR) is 198 cm³/mol. The van der Waals surface area contributed by atoms with Crippen LogP contribution in [-0.4, -0.2) is 28.5 Å². The van der Waals surface area contributed by atoms with Gasteiger partial charge in [-0.1, -0.05) is 103 Å². The average Bonchev–Trinajstić information content (AvgIpc) is 3.74. The number of para-hydroxylation sites is 1. The molecule has 0 spiro atoms. The highest BCUT2D eigenvalue weighted by molar-refractivity contribution is 6.15. The normalized spacial score (nSPS) is 12.8. The third kappa shape index (κ3) is 4.38. The molecule has 0 aliphatic carbocycles. The molecule has 1 aliphatic heterocycles. The molecule has 0 saturated carbocycles. The van der Waals surface area contributed by atoms with Crippen LogP contribution in [0, 0.1) is 0 Å². The van der Waals surface area contributed by atoms with Crippen molar-refractivity contribution in [3.8, 4) is 45.3 Å². The van der Waals surface area contributed by atoms with Crippen LogP contribution < -0.4 is 4.90 Å². The fourth-order valence-corrected chi connectivity index (χ4v) is 7.24. The number of furan rings is 2. The summed E-state index contributed by atoms with van der Waals surface area (Å²) < 4.78 is 12.6. The van der Waals surface area contributed by atoms with E-state index in [0.717, 1.165) is 89.5 Å². The van der Waals surface area contributed by atoms with Crippen LogP contribution >= 0.6 is 0 Å². The summed E-state index contributed by atoms with van der Waals surface area (Å²) in [6.45, 7) is 0.798. The van der Waals surface area contributed by atoms with Crippen LogP contribution in [0.15, 0.2) is 142 Å². The van der Waals surface area contributed by atoms with Gasteiger partial charge in [0.1, 0.15) is 16.7 Å². The van der Waals surface area contributed by atoms with Gasteiger partial charge in [0.05, 0.1) is 11.1 Å². The molecule has 0 unspecified atom stereocenters. The van der Waals surface area contributed by atoms with E-state index in [0.29, 0.717) is 17.5 Å². The second-order valence-corrected chi connectivity index (χ2v) is 12.5. The van der Waals surface area contributed by atoms with E-state index in [-0.39, 0.29) is 0 Å². The number of rotatable bonds is 4. The largest absolute Gasteiger partial charge is 0.456 e. The average molecular weight is 633 g/mol. The molecule has 0 N–H and O–H groups in total. The molecule has 0 saturated heterocycles. The van der Waals surface area contributed by atoms with Crippen LogP contribution in [0.1, 0.15) is 5.76 Å². The molecule has 49 heavy (non-hydrogen) atoms. The summed E-state index contributed by atoms with van der Waals surface area (Å²) in [6.07, 6.45) is 4.16. The highest BCUT2D eigenvalue weighted by Crippen LogP contribution is 2.43. The molecule has 6 nitrogen and oxygen atoms in total. The van der Waals surface area contributed by atoms with E-state index < -0.39 is 0 Å². The van der Waals surface area contributed by atoms with E-state index in [1.54, 1.807) is 0 Å². The van der Waals surface area contributed by atoms with Gasteiger partial charge in [0.25, 0.3) is 0 Å². The molecule has 4 heterocycles. The Morgan fingerprint density at radius 2 is 1.20 bits per heavy atom. The first-order valence-electron chi connectivity index (χ1n) is 16.4. The molecule has 6 aromatic carbocycles. The van der Waals surface area contributed by atoms with Crippen molar-refractivity contribution >= 4 is 55.4 Å². The molecular weight excluding hydrogens is 604 g/mol. The van der Waals surface area contributed by atoms with Crippen molar-refractivity contribution in [2.75, 3.05) is 18.5 Å². The molecule has 0 bridgehead atoms. The number of benzene rings is 6. The SMILES string of the molecule is CN1CC=Cc2oc3cccc(-c4nc(-c5ccccc5)nc(-c5cc(-c6cccc7oc8ccccc8c67)c6ccccc6c5)n4)c3c21. The Hall–Kier alpha value is -6.53. The third-order valence-electron chi connectivity index (χ3n) is 9.47. The standard InChI is InChI=1S/C43H28N4O2/c1-47-23-11-22-37-40(47)39-32(18-10-21-36(39)49-37)43-45-41(26-12-3-2-4-13-26)44-42(46-43)28-24-27-14-5-6-15-29(27)33(25-28)30-17-9-20-35-38(30)31-16-7-8-19-34(31)48-35/h2-22,24-25H,23H2,1H3. The van der Waals surface area contributed by atoms with E-state index in [2.05, 4.69) is 84.8 Å². The smallest absolute Gasteiger partial charge is 0.164 e. The molecule has 9 aromatic rings. The van der Waals surface area contributed by atoms with Crippen LogP contribution in [0.4, 0.5) is 5.69 Å². The molecular formula is C43H28N4O2. The van der Waals surface area contributed by atoms with E-state index in [9.17, 15) is 0 Å². The molecule has 0 atom stereocenters. The minimum Gasteiger partial charge on any atom is -0.456 e. The topological polar surface area (TPSA) is 68.2 Å². The molecule has 232 valence electrons. The second-order valence-electron chi connectivity index (χ2n) is 12.5.